The maximum Gasteiger partial charge on any atom is 0.243 e. The molecule has 2 N–H and O–H groups in total. The van der Waals surface area contributed by atoms with Crippen molar-refractivity contribution in [3.8, 4) is 12.3 Å². The van der Waals surface area contributed by atoms with Gasteiger partial charge in [-0.15, -0.1) is 6.42 Å². The number of nitrogens with zero attached hydrogens (tertiary/aromatic N) is 1. The van der Waals surface area contributed by atoms with Gasteiger partial charge in [-0.05, 0) is 18.2 Å². The predicted octanol–water partition coefficient (Wildman–Crippen LogP) is 0.538. The lowest BCUT2D eigenvalue weighted by Gasteiger charge is -2.14. The van der Waals surface area contributed by atoms with E-state index in [1.807, 2.05) is 0 Å². The van der Waals surface area contributed by atoms with E-state index in [1.54, 1.807) is 0 Å². The molecule has 92 valence electrons. The Hall–Kier alpha value is -1.42. The third-order valence-corrected chi connectivity index (χ3v) is 4.06. The molecule has 0 bridgehead atoms. The summed E-state index contributed by atoms with van der Waals surface area (Å²) in [5.74, 6) is 1.71. The highest BCUT2D eigenvalue weighted by molar-refractivity contribution is 7.89. The molecule has 0 aliphatic heterocycles. The van der Waals surface area contributed by atoms with Crippen molar-refractivity contribution in [1.29, 1.82) is 0 Å². The van der Waals surface area contributed by atoms with Crippen LogP contribution in [-0.2, 0) is 16.6 Å². The number of nitrogens with two attached hydrogens (primary N) is 1. The molecule has 0 amide bonds. The fourth-order valence-electron chi connectivity index (χ4n) is 1.26. The molecule has 0 aliphatic carbocycles. The van der Waals surface area contributed by atoms with Crippen molar-refractivity contribution in [2.75, 3.05) is 13.6 Å². The Kier molecular flexibility index (Phi) is 4.23. The van der Waals surface area contributed by atoms with E-state index in [9.17, 15) is 12.8 Å². The summed E-state index contributed by atoms with van der Waals surface area (Å²) in [6, 6.07) is 3.49. The molecule has 1 aromatic carbocycles. The molecule has 0 atom stereocenters. The summed E-state index contributed by atoms with van der Waals surface area (Å²) in [6.07, 6.45) is 5.05. The van der Waals surface area contributed by atoms with Crippen LogP contribution >= 0.6 is 0 Å². The smallest absolute Gasteiger partial charge is 0.243 e. The molecule has 0 spiro atoms. The van der Waals surface area contributed by atoms with Gasteiger partial charge in [0.1, 0.15) is 5.82 Å². The molecule has 1 rings (SSSR count). The van der Waals surface area contributed by atoms with E-state index in [4.69, 9.17) is 12.2 Å². The Morgan fingerprint density at radius 2 is 2.18 bits per heavy atom. The van der Waals surface area contributed by atoms with Gasteiger partial charge >= 0.3 is 0 Å². The van der Waals surface area contributed by atoms with E-state index in [0.29, 0.717) is 0 Å². The number of hydrogen-bond acceptors (Lipinski definition) is 3. The van der Waals surface area contributed by atoms with Crippen molar-refractivity contribution in [1.82, 2.24) is 4.31 Å². The van der Waals surface area contributed by atoms with Crippen LogP contribution in [0.1, 0.15) is 5.56 Å². The number of rotatable bonds is 4. The molecule has 6 heteroatoms. The molecule has 0 radical (unpaired) electrons. The average Bonchev–Trinajstić information content (AvgIpc) is 2.29. The normalized spacial score (nSPS) is 11.5. The van der Waals surface area contributed by atoms with Gasteiger partial charge in [0.05, 0.1) is 11.4 Å². The number of hydrogen-bond donors (Lipinski definition) is 1. The van der Waals surface area contributed by atoms with Gasteiger partial charge in [-0.2, -0.15) is 4.31 Å². The average molecular weight is 256 g/mol. The van der Waals surface area contributed by atoms with Crippen molar-refractivity contribution in [2.24, 2.45) is 5.73 Å². The second kappa shape index (κ2) is 5.27. The van der Waals surface area contributed by atoms with Crippen LogP contribution in [0.2, 0.25) is 0 Å². The molecule has 0 saturated carbocycles. The van der Waals surface area contributed by atoms with E-state index in [-0.39, 0.29) is 23.5 Å². The zero-order chi connectivity index (χ0) is 13.1. The zero-order valence-electron chi connectivity index (χ0n) is 9.35. The maximum absolute atomic E-state index is 13.2. The van der Waals surface area contributed by atoms with Crippen LogP contribution < -0.4 is 5.73 Å². The van der Waals surface area contributed by atoms with Gasteiger partial charge in [0, 0.05) is 19.2 Å². The first-order valence-electron chi connectivity index (χ1n) is 4.81. The summed E-state index contributed by atoms with van der Waals surface area (Å²) in [7, 11) is -2.32. The molecule has 0 fully saturated rings. The molecular formula is C11H13FN2O2S. The Morgan fingerprint density at radius 3 is 2.71 bits per heavy atom. The van der Waals surface area contributed by atoms with E-state index in [2.05, 4.69) is 5.92 Å². The number of sulfonamides is 1. The Labute approximate surface area is 100 Å². The second-order valence-electron chi connectivity index (χ2n) is 3.42. The SMILES string of the molecule is C#CCN(C)S(=O)(=O)c1ccc(F)c(CN)c1. The monoisotopic (exact) mass is 256 g/mol. The van der Waals surface area contributed by atoms with Crippen molar-refractivity contribution in [2.45, 2.75) is 11.4 Å². The van der Waals surface area contributed by atoms with E-state index < -0.39 is 15.8 Å². The van der Waals surface area contributed by atoms with Gasteiger partial charge in [-0.25, -0.2) is 12.8 Å². The summed E-state index contributed by atoms with van der Waals surface area (Å²) in [4.78, 5) is -0.0166. The molecule has 0 heterocycles. The van der Waals surface area contributed by atoms with Crippen molar-refractivity contribution >= 4 is 10.0 Å². The highest BCUT2D eigenvalue weighted by Crippen LogP contribution is 2.17. The largest absolute Gasteiger partial charge is 0.326 e. The van der Waals surface area contributed by atoms with Gasteiger partial charge < -0.3 is 5.73 Å². The highest BCUT2D eigenvalue weighted by atomic mass is 32.2. The fraction of sp³-hybridized carbons (Fsp3) is 0.273. The van der Waals surface area contributed by atoms with Crippen LogP contribution in [-0.4, -0.2) is 26.3 Å². The summed E-state index contributed by atoms with van der Waals surface area (Å²) in [5, 5.41) is 0. The lowest BCUT2D eigenvalue weighted by Crippen LogP contribution is -2.27. The molecule has 0 unspecified atom stereocenters. The van der Waals surface area contributed by atoms with E-state index >= 15 is 0 Å². The van der Waals surface area contributed by atoms with Gasteiger partial charge in [0.25, 0.3) is 0 Å². The van der Waals surface area contributed by atoms with Crippen molar-refractivity contribution in [3.63, 3.8) is 0 Å². The number of halogens is 1. The first-order valence-corrected chi connectivity index (χ1v) is 6.25. The molecule has 17 heavy (non-hydrogen) atoms. The van der Waals surface area contributed by atoms with Gasteiger partial charge in [0.2, 0.25) is 10.0 Å². The summed E-state index contributed by atoms with van der Waals surface area (Å²) in [6.45, 7) is -0.105. The molecule has 0 aromatic heterocycles. The minimum Gasteiger partial charge on any atom is -0.326 e. The quantitative estimate of drug-likeness (QED) is 0.800. The third kappa shape index (κ3) is 2.82. The summed E-state index contributed by atoms with van der Waals surface area (Å²) in [5.41, 5.74) is 5.47. The van der Waals surface area contributed by atoms with E-state index in [0.717, 1.165) is 10.4 Å². The Bertz CT molecular complexity index is 549. The number of terminal acetylenes is 1. The lowest BCUT2D eigenvalue weighted by molar-refractivity contribution is 0.502. The second-order valence-corrected chi connectivity index (χ2v) is 5.47. The van der Waals surface area contributed by atoms with Crippen molar-refractivity contribution in [3.05, 3.63) is 29.6 Å². The standard InChI is InChI=1S/C11H13FN2O2S/c1-3-6-14(2)17(15,16)10-4-5-11(12)9(7-10)8-13/h1,4-5,7H,6,8,13H2,2H3. The minimum absolute atomic E-state index is 0.0166. The molecular weight excluding hydrogens is 243 g/mol. The Morgan fingerprint density at radius 1 is 1.53 bits per heavy atom. The minimum atomic E-state index is -3.68. The van der Waals surface area contributed by atoms with Crippen molar-refractivity contribution < 1.29 is 12.8 Å². The maximum atomic E-state index is 13.2. The van der Waals surface area contributed by atoms with Crippen LogP contribution in [0.3, 0.4) is 0 Å². The predicted molar refractivity (Wildman–Crippen MR) is 62.9 cm³/mol. The van der Waals surface area contributed by atoms with Gasteiger partial charge in [-0.1, -0.05) is 5.92 Å². The molecule has 4 nitrogen and oxygen atoms in total. The van der Waals surface area contributed by atoms with Crippen LogP contribution in [0, 0.1) is 18.2 Å². The van der Waals surface area contributed by atoms with Crippen LogP contribution in [0.5, 0.6) is 0 Å². The van der Waals surface area contributed by atoms with Crippen LogP contribution in [0.15, 0.2) is 23.1 Å². The Balaban J connectivity index is 3.21. The molecule has 0 aliphatic rings. The fourth-order valence-corrected chi connectivity index (χ4v) is 2.40. The first-order chi connectivity index (χ1) is 7.93. The molecule has 0 saturated heterocycles. The topological polar surface area (TPSA) is 63.4 Å². The third-order valence-electron chi connectivity index (χ3n) is 2.26. The van der Waals surface area contributed by atoms with Crippen LogP contribution in [0.25, 0.3) is 0 Å². The zero-order valence-corrected chi connectivity index (χ0v) is 10.2. The number of benzene rings is 1. The highest BCUT2D eigenvalue weighted by Gasteiger charge is 2.20. The summed E-state index contributed by atoms with van der Waals surface area (Å²) < 4.78 is 38.1. The first kappa shape index (κ1) is 13.6. The molecule has 1 aromatic rings. The van der Waals surface area contributed by atoms with E-state index in [1.165, 1.54) is 19.2 Å². The van der Waals surface area contributed by atoms with Gasteiger partial charge in [-0.3, -0.25) is 0 Å². The lowest BCUT2D eigenvalue weighted by atomic mass is 10.2. The van der Waals surface area contributed by atoms with Gasteiger partial charge in [0.15, 0.2) is 0 Å². The van der Waals surface area contributed by atoms with Crippen LogP contribution in [0.4, 0.5) is 4.39 Å². The summed E-state index contributed by atoms with van der Waals surface area (Å²) >= 11 is 0.